The molecule has 4 amide bonds. The van der Waals surface area contributed by atoms with E-state index < -0.39 is 11.3 Å². The van der Waals surface area contributed by atoms with Crippen molar-refractivity contribution in [1.29, 1.82) is 0 Å². The molecule has 8 heteroatoms. The molecular formula is C26H29N3O5. The lowest BCUT2D eigenvalue weighted by Crippen LogP contribution is -2.41. The standard InChI is InChI=1S/C26H29N3O5/c1-2-34-21-12-10-20(11-13-21)28-24(32)18-6-8-19(9-7-18)27-22(30)17-29-23(31)16-26(25(29)33)14-4-3-5-15-26/h6-13H,2-5,14-17H2,1H3,(H,27,30)(H,28,32). The Labute approximate surface area is 198 Å². The minimum atomic E-state index is -0.603. The average molecular weight is 464 g/mol. The molecule has 4 rings (SSSR count). The predicted octanol–water partition coefficient (Wildman–Crippen LogP) is 3.99. The molecule has 2 aromatic carbocycles. The van der Waals surface area contributed by atoms with Gasteiger partial charge >= 0.3 is 0 Å². The van der Waals surface area contributed by atoms with Gasteiger partial charge in [-0.25, -0.2) is 0 Å². The van der Waals surface area contributed by atoms with Crippen LogP contribution in [0.2, 0.25) is 0 Å². The number of hydrogen-bond donors (Lipinski definition) is 2. The number of carbonyl (C=O) groups excluding carboxylic acids is 4. The maximum atomic E-state index is 12.9. The Balaban J connectivity index is 1.31. The maximum Gasteiger partial charge on any atom is 0.255 e. The van der Waals surface area contributed by atoms with E-state index in [0.29, 0.717) is 23.5 Å². The number of nitrogens with zero attached hydrogens (tertiary/aromatic N) is 1. The number of amides is 4. The van der Waals surface area contributed by atoms with E-state index in [1.54, 1.807) is 48.5 Å². The van der Waals surface area contributed by atoms with Gasteiger partial charge in [0.15, 0.2) is 0 Å². The predicted molar refractivity (Wildman–Crippen MR) is 127 cm³/mol. The molecule has 2 aliphatic rings. The lowest BCUT2D eigenvalue weighted by molar-refractivity contribution is -0.144. The molecule has 1 aliphatic carbocycles. The normalized spacial score (nSPS) is 17.0. The van der Waals surface area contributed by atoms with Gasteiger partial charge in [-0.3, -0.25) is 24.1 Å². The van der Waals surface area contributed by atoms with E-state index in [1.807, 2.05) is 6.92 Å². The number of nitrogens with one attached hydrogen (secondary N) is 2. The highest BCUT2D eigenvalue weighted by Crippen LogP contribution is 2.45. The smallest absolute Gasteiger partial charge is 0.255 e. The first kappa shape index (κ1) is 23.5. The lowest BCUT2D eigenvalue weighted by Gasteiger charge is -2.30. The molecule has 0 bridgehead atoms. The van der Waals surface area contributed by atoms with Crippen LogP contribution in [0.3, 0.4) is 0 Å². The van der Waals surface area contributed by atoms with Crippen LogP contribution in [0, 0.1) is 5.41 Å². The topological polar surface area (TPSA) is 105 Å². The minimum Gasteiger partial charge on any atom is -0.494 e. The van der Waals surface area contributed by atoms with Crippen LogP contribution in [0.5, 0.6) is 5.75 Å². The van der Waals surface area contributed by atoms with E-state index in [0.717, 1.165) is 42.8 Å². The van der Waals surface area contributed by atoms with E-state index in [9.17, 15) is 19.2 Å². The summed E-state index contributed by atoms with van der Waals surface area (Å²) in [6.07, 6.45) is 4.61. The van der Waals surface area contributed by atoms with Crippen LogP contribution in [0.15, 0.2) is 48.5 Å². The van der Waals surface area contributed by atoms with Gasteiger partial charge in [-0.15, -0.1) is 0 Å². The van der Waals surface area contributed by atoms with Crippen LogP contribution in [-0.2, 0) is 14.4 Å². The molecule has 178 valence electrons. The van der Waals surface area contributed by atoms with Gasteiger partial charge in [-0.1, -0.05) is 19.3 Å². The fraction of sp³-hybridized carbons (Fsp3) is 0.385. The van der Waals surface area contributed by atoms with Crippen LogP contribution in [0.1, 0.15) is 55.8 Å². The first-order chi connectivity index (χ1) is 16.4. The zero-order valence-corrected chi connectivity index (χ0v) is 19.3. The molecule has 1 spiro atoms. The molecule has 0 atom stereocenters. The zero-order chi connectivity index (χ0) is 24.1. The molecule has 1 saturated carbocycles. The van der Waals surface area contributed by atoms with E-state index in [-0.39, 0.29) is 30.7 Å². The van der Waals surface area contributed by atoms with Gasteiger partial charge in [-0.2, -0.15) is 0 Å². The Kier molecular flexibility index (Phi) is 6.95. The van der Waals surface area contributed by atoms with Crippen molar-refractivity contribution in [3.8, 4) is 5.75 Å². The molecular weight excluding hydrogens is 434 g/mol. The second kappa shape index (κ2) is 10.1. The number of rotatable bonds is 7. The van der Waals surface area contributed by atoms with Gasteiger partial charge in [0.05, 0.1) is 12.0 Å². The summed E-state index contributed by atoms with van der Waals surface area (Å²) in [5.41, 5.74) is 0.945. The number of benzene rings is 2. The van der Waals surface area contributed by atoms with Gasteiger partial charge in [0.25, 0.3) is 5.91 Å². The number of ether oxygens (including phenoxy) is 1. The Morgan fingerprint density at radius 2 is 1.53 bits per heavy atom. The molecule has 0 aromatic heterocycles. The van der Waals surface area contributed by atoms with Crippen LogP contribution in [0.4, 0.5) is 11.4 Å². The first-order valence-corrected chi connectivity index (χ1v) is 11.7. The number of hydrogen-bond acceptors (Lipinski definition) is 5. The summed E-state index contributed by atoms with van der Waals surface area (Å²) >= 11 is 0. The third-order valence-electron chi connectivity index (χ3n) is 6.46. The summed E-state index contributed by atoms with van der Waals surface area (Å²) in [7, 11) is 0. The first-order valence-electron chi connectivity index (χ1n) is 11.7. The second-order valence-electron chi connectivity index (χ2n) is 8.84. The number of anilines is 2. The molecule has 8 nitrogen and oxygen atoms in total. The third kappa shape index (κ3) is 5.11. The van der Waals surface area contributed by atoms with E-state index in [4.69, 9.17) is 4.74 Å². The van der Waals surface area contributed by atoms with Gasteiger partial charge < -0.3 is 15.4 Å². The Morgan fingerprint density at radius 3 is 2.18 bits per heavy atom. The van der Waals surface area contributed by atoms with Crippen LogP contribution >= 0.6 is 0 Å². The molecule has 34 heavy (non-hydrogen) atoms. The second-order valence-corrected chi connectivity index (χ2v) is 8.84. The lowest BCUT2D eigenvalue weighted by atomic mass is 9.73. The quantitative estimate of drug-likeness (QED) is 0.604. The van der Waals surface area contributed by atoms with Crippen LogP contribution in [0.25, 0.3) is 0 Å². The highest BCUT2D eigenvalue weighted by atomic mass is 16.5. The van der Waals surface area contributed by atoms with E-state index in [1.165, 1.54) is 0 Å². The summed E-state index contributed by atoms with van der Waals surface area (Å²) in [5.74, 6) is -0.488. The summed E-state index contributed by atoms with van der Waals surface area (Å²) in [6, 6.07) is 13.5. The molecule has 1 saturated heterocycles. The summed E-state index contributed by atoms with van der Waals surface area (Å²) in [5, 5.41) is 5.52. The molecule has 2 aromatic rings. The van der Waals surface area contributed by atoms with Crippen LogP contribution < -0.4 is 15.4 Å². The highest BCUT2D eigenvalue weighted by molar-refractivity contribution is 6.09. The fourth-order valence-corrected chi connectivity index (χ4v) is 4.69. The Hall–Kier alpha value is -3.68. The fourth-order valence-electron chi connectivity index (χ4n) is 4.69. The minimum absolute atomic E-state index is 0.206. The SMILES string of the molecule is CCOc1ccc(NC(=O)c2ccc(NC(=O)CN3C(=O)CC4(CCCCC4)C3=O)cc2)cc1. The molecule has 2 N–H and O–H groups in total. The number of likely N-dealkylation sites (tertiary alicyclic amines) is 1. The number of imide groups is 1. The maximum absolute atomic E-state index is 12.9. The highest BCUT2D eigenvalue weighted by Gasteiger charge is 2.51. The Bertz CT molecular complexity index is 1070. The third-order valence-corrected chi connectivity index (χ3v) is 6.46. The molecule has 0 radical (unpaired) electrons. The van der Waals surface area contributed by atoms with E-state index >= 15 is 0 Å². The van der Waals surface area contributed by atoms with Gasteiger partial charge in [0, 0.05) is 23.4 Å². The zero-order valence-electron chi connectivity index (χ0n) is 19.3. The van der Waals surface area contributed by atoms with E-state index in [2.05, 4.69) is 10.6 Å². The van der Waals surface area contributed by atoms with Crippen molar-refractivity contribution in [2.75, 3.05) is 23.8 Å². The van der Waals surface area contributed by atoms with Crippen molar-refractivity contribution in [3.05, 3.63) is 54.1 Å². The largest absolute Gasteiger partial charge is 0.494 e. The molecule has 2 fully saturated rings. The Morgan fingerprint density at radius 1 is 0.912 bits per heavy atom. The van der Waals surface area contributed by atoms with Gasteiger partial charge in [0.1, 0.15) is 12.3 Å². The molecule has 0 unspecified atom stereocenters. The van der Waals surface area contributed by atoms with Crippen molar-refractivity contribution >= 4 is 35.0 Å². The summed E-state index contributed by atoms with van der Waals surface area (Å²) in [4.78, 5) is 51.4. The van der Waals surface area contributed by atoms with Crippen molar-refractivity contribution < 1.29 is 23.9 Å². The number of carbonyl (C=O) groups is 4. The monoisotopic (exact) mass is 463 g/mol. The summed E-state index contributed by atoms with van der Waals surface area (Å²) < 4.78 is 5.39. The van der Waals surface area contributed by atoms with Crippen molar-refractivity contribution in [3.63, 3.8) is 0 Å². The van der Waals surface area contributed by atoms with Gasteiger partial charge in [0.2, 0.25) is 17.7 Å². The van der Waals surface area contributed by atoms with Crippen molar-refractivity contribution in [2.45, 2.75) is 45.4 Å². The van der Waals surface area contributed by atoms with Gasteiger partial charge in [-0.05, 0) is 68.3 Å². The van der Waals surface area contributed by atoms with Crippen LogP contribution in [-0.4, -0.2) is 41.7 Å². The molecule has 1 aliphatic heterocycles. The summed E-state index contributed by atoms with van der Waals surface area (Å²) in [6.45, 7) is 2.18. The molecule has 1 heterocycles. The van der Waals surface area contributed by atoms with Crippen molar-refractivity contribution in [2.24, 2.45) is 5.41 Å². The van der Waals surface area contributed by atoms with Crippen molar-refractivity contribution in [1.82, 2.24) is 4.90 Å². The average Bonchev–Trinajstić information content (AvgIpc) is 3.05.